The summed E-state index contributed by atoms with van der Waals surface area (Å²) in [6.45, 7) is 0.775. The highest BCUT2D eigenvalue weighted by molar-refractivity contribution is 5.69. The number of alkyl carbamates (subject to hydrolysis) is 1. The number of carbonyl (C=O) groups excluding carboxylic acids is 2. The summed E-state index contributed by atoms with van der Waals surface area (Å²) in [6.07, 6.45) is 11.9. The Hall–Kier alpha value is -2.30. The first-order chi connectivity index (χ1) is 12.7. The predicted molar refractivity (Wildman–Crippen MR) is 103 cm³/mol. The lowest BCUT2D eigenvalue weighted by molar-refractivity contribution is -0.140. The van der Waals surface area contributed by atoms with Crippen LogP contribution in [-0.4, -0.2) is 25.7 Å². The smallest absolute Gasteiger partial charge is 0.407 e. The lowest BCUT2D eigenvalue weighted by atomic mass is 10.1. The molecule has 0 heterocycles. The molecular weight excluding hydrogens is 330 g/mol. The van der Waals surface area contributed by atoms with Gasteiger partial charge in [0.15, 0.2) is 0 Å². The van der Waals surface area contributed by atoms with Crippen molar-refractivity contribution in [3.8, 4) is 0 Å². The highest BCUT2D eigenvalue weighted by Gasteiger charge is 2.00. The normalized spacial score (nSPS) is 10.7. The van der Waals surface area contributed by atoms with Crippen molar-refractivity contribution in [2.45, 2.75) is 58.0 Å². The third-order valence-corrected chi connectivity index (χ3v) is 3.97. The van der Waals surface area contributed by atoms with Crippen molar-refractivity contribution in [3.05, 3.63) is 48.0 Å². The number of amides is 1. The summed E-state index contributed by atoms with van der Waals surface area (Å²) in [4.78, 5) is 22.5. The van der Waals surface area contributed by atoms with E-state index in [0.717, 1.165) is 37.7 Å². The second-order valence-electron chi connectivity index (χ2n) is 6.15. The van der Waals surface area contributed by atoms with Crippen LogP contribution in [0.1, 0.15) is 56.9 Å². The number of methoxy groups -OCH3 is 1. The zero-order valence-electron chi connectivity index (χ0n) is 15.7. The first-order valence-electron chi connectivity index (χ1n) is 9.38. The van der Waals surface area contributed by atoms with E-state index in [-0.39, 0.29) is 12.6 Å². The van der Waals surface area contributed by atoms with Gasteiger partial charge in [0.25, 0.3) is 0 Å². The van der Waals surface area contributed by atoms with Crippen molar-refractivity contribution in [2.75, 3.05) is 13.7 Å². The van der Waals surface area contributed by atoms with Crippen molar-refractivity contribution in [2.24, 2.45) is 0 Å². The summed E-state index contributed by atoms with van der Waals surface area (Å²) < 4.78 is 9.74. The number of ether oxygens (including phenoxy) is 2. The molecule has 0 saturated heterocycles. The predicted octanol–water partition coefficient (Wildman–Crippen LogP) is 4.76. The summed E-state index contributed by atoms with van der Waals surface area (Å²) in [5.41, 5.74) is 0.975. The van der Waals surface area contributed by atoms with Gasteiger partial charge in [0.1, 0.15) is 6.61 Å². The molecule has 0 bridgehead atoms. The fraction of sp³-hybridized carbons (Fsp3) is 0.524. The van der Waals surface area contributed by atoms with Gasteiger partial charge < -0.3 is 14.8 Å². The average molecular weight is 361 g/mol. The highest BCUT2D eigenvalue weighted by atomic mass is 16.5. The SMILES string of the molecule is COC(=O)CCCCCCCC/C=C/CNC(=O)OCc1ccccc1. The number of hydrogen-bond acceptors (Lipinski definition) is 4. The molecule has 1 aromatic rings. The maximum absolute atomic E-state index is 11.5. The van der Waals surface area contributed by atoms with Crippen LogP contribution >= 0.6 is 0 Å². The van der Waals surface area contributed by atoms with Crippen LogP contribution in [0.5, 0.6) is 0 Å². The highest BCUT2D eigenvalue weighted by Crippen LogP contribution is 2.09. The zero-order chi connectivity index (χ0) is 18.9. The molecule has 1 N–H and O–H groups in total. The van der Waals surface area contributed by atoms with E-state index in [1.165, 1.54) is 20.0 Å². The number of rotatable bonds is 13. The second-order valence-corrected chi connectivity index (χ2v) is 6.15. The molecule has 1 amide bonds. The summed E-state index contributed by atoms with van der Waals surface area (Å²) >= 11 is 0. The topological polar surface area (TPSA) is 64.6 Å². The Balaban J connectivity index is 1.88. The molecule has 0 saturated carbocycles. The van der Waals surface area contributed by atoms with Gasteiger partial charge in [-0.15, -0.1) is 0 Å². The lowest BCUT2D eigenvalue weighted by Gasteiger charge is -2.05. The molecule has 5 nitrogen and oxygen atoms in total. The molecule has 0 aliphatic carbocycles. The van der Waals surface area contributed by atoms with Crippen LogP contribution in [0, 0.1) is 0 Å². The van der Waals surface area contributed by atoms with E-state index in [0.29, 0.717) is 13.0 Å². The van der Waals surface area contributed by atoms with Crippen LogP contribution in [0.2, 0.25) is 0 Å². The van der Waals surface area contributed by atoms with Crippen LogP contribution in [-0.2, 0) is 20.9 Å². The molecule has 0 aliphatic heterocycles. The number of nitrogens with one attached hydrogen (secondary N) is 1. The van der Waals surface area contributed by atoms with Gasteiger partial charge in [-0.3, -0.25) is 4.79 Å². The van der Waals surface area contributed by atoms with Gasteiger partial charge in [0.05, 0.1) is 7.11 Å². The molecule has 144 valence electrons. The molecule has 0 atom stereocenters. The molecule has 0 aliphatic rings. The summed E-state index contributed by atoms with van der Waals surface area (Å²) in [6, 6.07) is 9.61. The van der Waals surface area contributed by atoms with E-state index in [9.17, 15) is 9.59 Å². The molecule has 1 rings (SSSR count). The zero-order valence-corrected chi connectivity index (χ0v) is 15.7. The minimum atomic E-state index is -0.398. The monoisotopic (exact) mass is 361 g/mol. The molecule has 5 heteroatoms. The average Bonchev–Trinajstić information content (AvgIpc) is 2.67. The number of benzene rings is 1. The summed E-state index contributed by atoms with van der Waals surface area (Å²) in [5, 5.41) is 2.71. The quantitative estimate of drug-likeness (QED) is 0.312. The Morgan fingerprint density at radius 3 is 2.38 bits per heavy atom. The van der Waals surface area contributed by atoms with Gasteiger partial charge in [0.2, 0.25) is 0 Å². The van der Waals surface area contributed by atoms with Crippen molar-refractivity contribution in [1.29, 1.82) is 0 Å². The molecule has 0 spiro atoms. The van der Waals surface area contributed by atoms with Gasteiger partial charge in [0, 0.05) is 13.0 Å². The molecule has 0 fully saturated rings. The van der Waals surface area contributed by atoms with Crippen molar-refractivity contribution in [1.82, 2.24) is 5.32 Å². The van der Waals surface area contributed by atoms with E-state index >= 15 is 0 Å². The van der Waals surface area contributed by atoms with E-state index in [1.807, 2.05) is 36.4 Å². The van der Waals surface area contributed by atoms with Crippen LogP contribution < -0.4 is 5.32 Å². The maximum Gasteiger partial charge on any atom is 0.407 e. The minimum Gasteiger partial charge on any atom is -0.469 e. The molecular formula is C21H31NO4. The van der Waals surface area contributed by atoms with E-state index in [1.54, 1.807) is 0 Å². The largest absolute Gasteiger partial charge is 0.469 e. The third kappa shape index (κ3) is 12.1. The Kier molecular flexibility index (Phi) is 12.5. The summed E-state index contributed by atoms with van der Waals surface area (Å²) in [5.74, 6) is -0.118. The number of esters is 1. The first-order valence-corrected chi connectivity index (χ1v) is 9.38. The van der Waals surface area contributed by atoms with Gasteiger partial charge >= 0.3 is 12.1 Å². The van der Waals surface area contributed by atoms with E-state index in [4.69, 9.17) is 4.74 Å². The summed E-state index contributed by atoms with van der Waals surface area (Å²) in [7, 11) is 1.43. The van der Waals surface area contributed by atoms with E-state index < -0.39 is 6.09 Å². The van der Waals surface area contributed by atoms with Gasteiger partial charge in [-0.2, -0.15) is 0 Å². The number of carbonyl (C=O) groups is 2. The Labute approximate surface area is 156 Å². The third-order valence-electron chi connectivity index (χ3n) is 3.97. The van der Waals surface area contributed by atoms with Crippen LogP contribution in [0.15, 0.2) is 42.5 Å². The van der Waals surface area contributed by atoms with Crippen molar-refractivity contribution in [3.63, 3.8) is 0 Å². The van der Waals surface area contributed by atoms with Crippen molar-refractivity contribution < 1.29 is 19.1 Å². The number of unbranched alkanes of at least 4 members (excludes halogenated alkanes) is 6. The second kappa shape index (κ2) is 15.0. The first kappa shape index (κ1) is 21.7. The number of allylic oxidation sites excluding steroid dienone is 1. The van der Waals surface area contributed by atoms with Crippen molar-refractivity contribution >= 4 is 12.1 Å². The molecule has 1 aromatic carbocycles. The van der Waals surface area contributed by atoms with Crippen LogP contribution in [0.4, 0.5) is 4.79 Å². The number of hydrogen-bond donors (Lipinski definition) is 1. The molecule has 26 heavy (non-hydrogen) atoms. The standard InChI is InChI=1S/C21H31NO4/c1-25-20(23)16-12-7-5-3-2-4-6-8-13-17-22-21(24)26-18-19-14-10-9-11-15-19/h8-11,13-15H,2-7,12,16-18H2,1H3,(H,22,24)/b13-8+. The fourth-order valence-corrected chi connectivity index (χ4v) is 2.46. The molecule has 0 unspecified atom stereocenters. The van der Waals surface area contributed by atoms with Gasteiger partial charge in [-0.05, 0) is 24.8 Å². The lowest BCUT2D eigenvalue weighted by Crippen LogP contribution is -2.24. The Morgan fingerprint density at radius 1 is 0.962 bits per heavy atom. The molecule has 0 aromatic heterocycles. The maximum atomic E-state index is 11.5. The van der Waals surface area contributed by atoms with Gasteiger partial charge in [-0.1, -0.05) is 68.2 Å². The van der Waals surface area contributed by atoms with Gasteiger partial charge in [-0.25, -0.2) is 4.79 Å². The van der Waals surface area contributed by atoms with Crippen LogP contribution in [0.3, 0.4) is 0 Å². The Morgan fingerprint density at radius 2 is 1.65 bits per heavy atom. The van der Waals surface area contributed by atoms with Crippen LogP contribution in [0.25, 0.3) is 0 Å². The fourth-order valence-electron chi connectivity index (χ4n) is 2.46. The Bertz CT molecular complexity index is 528. The molecule has 0 radical (unpaired) electrons. The van der Waals surface area contributed by atoms with E-state index in [2.05, 4.69) is 16.1 Å². The minimum absolute atomic E-state index is 0.118.